The molecule has 7 nitrogen and oxygen atoms in total. The third-order valence-electron chi connectivity index (χ3n) is 3.93. The molecule has 0 bridgehead atoms. The number of amides is 1. The Hall–Kier alpha value is -2.74. The van der Waals surface area contributed by atoms with Crippen LogP contribution in [0.15, 0.2) is 40.3 Å². The maximum absolute atomic E-state index is 12.2. The van der Waals surface area contributed by atoms with Gasteiger partial charge in [0.1, 0.15) is 11.3 Å². The van der Waals surface area contributed by atoms with E-state index in [1.165, 1.54) is 11.8 Å². The number of nitrogens with zero attached hydrogens (tertiary/aromatic N) is 1. The van der Waals surface area contributed by atoms with Gasteiger partial charge in [-0.3, -0.25) is 14.6 Å². The number of carbonyl (C=O) groups excluding carboxylic acids is 1. The highest BCUT2D eigenvalue weighted by Gasteiger charge is 2.12. The largest absolute Gasteiger partial charge is 0.497 e. The topological polar surface area (TPSA) is 99.9 Å². The molecule has 136 valence electrons. The maximum Gasteiger partial charge on any atom is 0.275 e. The summed E-state index contributed by atoms with van der Waals surface area (Å²) in [6.07, 6.45) is 0. The number of H-pyrrole nitrogens is 2. The Morgan fingerprint density at radius 3 is 2.73 bits per heavy atom. The van der Waals surface area contributed by atoms with Crippen LogP contribution in [-0.2, 0) is 4.79 Å². The van der Waals surface area contributed by atoms with Gasteiger partial charge >= 0.3 is 0 Å². The van der Waals surface area contributed by atoms with E-state index in [9.17, 15) is 9.59 Å². The van der Waals surface area contributed by atoms with Gasteiger partial charge in [0.25, 0.3) is 5.56 Å². The second kappa shape index (κ2) is 7.65. The molecule has 2 heterocycles. The van der Waals surface area contributed by atoms with Gasteiger partial charge in [0.15, 0.2) is 5.16 Å². The number of nitrogens with one attached hydrogen (secondary N) is 3. The number of methoxy groups -OCH3 is 1. The van der Waals surface area contributed by atoms with Crippen LogP contribution in [-0.4, -0.2) is 33.7 Å². The van der Waals surface area contributed by atoms with Gasteiger partial charge in [0.2, 0.25) is 5.91 Å². The fraction of sp³-hybridized carbons (Fsp3) is 0.278. The molecule has 1 atom stereocenters. The van der Waals surface area contributed by atoms with Crippen LogP contribution in [0.3, 0.4) is 0 Å². The molecular weight excluding hydrogens is 352 g/mol. The third kappa shape index (κ3) is 4.08. The van der Waals surface area contributed by atoms with E-state index in [-0.39, 0.29) is 23.3 Å². The van der Waals surface area contributed by atoms with Gasteiger partial charge in [-0.15, -0.1) is 0 Å². The van der Waals surface area contributed by atoms with Crippen molar-refractivity contribution >= 4 is 28.7 Å². The lowest BCUT2D eigenvalue weighted by Crippen LogP contribution is -2.28. The van der Waals surface area contributed by atoms with Crippen LogP contribution in [0.2, 0.25) is 0 Å². The first-order valence-corrected chi connectivity index (χ1v) is 9.10. The first-order chi connectivity index (χ1) is 12.5. The number of carbonyl (C=O) groups is 1. The third-order valence-corrected chi connectivity index (χ3v) is 4.81. The number of hydrogen-bond donors (Lipinski definition) is 3. The van der Waals surface area contributed by atoms with Gasteiger partial charge in [-0.2, -0.15) is 0 Å². The predicted octanol–water partition coefficient (Wildman–Crippen LogP) is 2.54. The Kier molecular flexibility index (Phi) is 5.32. The average molecular weight is 372 g/mol. The molecule has 3 N–H and O–H groups in total. The van der Waals surface area contributed by atoms with Crippen molar-refractivity contribution in [3.8, 4) is 5.75 Å². The van der Waals surface area contributed by atoms with Crippen LogP contribution < -0.4 is 15.6 Å². The molecule has 0 aliphatic carbocycles. The highest BCUT2D eigenvalue weighted by atomic mass is 32.2. The molecular formula is C18H20N4O3S. The highest BCUT2D eigenvalue weighted by molar-refractivity contribution is 7.99. The molecule has 1 amide bonds. The molecule has 0 aliphatic heterocycles. The first-order valence-electron chi connectivity index (χ1n) is 8.12. The molecule has 8 heteroatoms. The van der Waals surface area contributed by atoms with Gasteiger partial charge in [-0.05, 0) is 37.6 Å². The SMILES string of the molecule is COc1ccc([C@@H](C)NC(=O)CSc2nc3cc(C)[nH]c3c(=O)[nH]2)cc1. The summed E-state index contributed by atoms with van der Waals surface area (Å²) in [5, 5.41) is 3.36. The zero-order valence-corrected chi connectivity index (χ0v) is 15.6. The molecule has 0 saturated heterocycles. The van der Waals surface area contributed by atoms with Crippen molar-refractivity contribution in [2.45, 2.75) is 25.0 Å². The van der Waals surface area contributed by atoms with E-state index < -0.39 is 0 Å². The Balaban J connectivity index is 1.60. The normalized spacial score (nSPS) is 12.1. The Bertz CT molecular complexity index is 978. The number of aromatic amines is 2. The zero-order valence-electron chi connectivity index (χ0n) is 14.8. The van der Waals surface area contributed by atoms with Gasteiger partial charge < -0.3 is 15.0 Å². The number of thioether (sulfide) groups is 1. The van der Waals surface area contributed by atoms with Crippen molar-refractivity contribution in [1.82, 2.24) is 20.3 Å². The maximum atomic E-state index is 12.2. The summed E-state index contributed by atoms with van der Waals surface area (Å²) in [6.45, 7) is 3.78. The monoisotopic (exact) mass is 372 g/mol. The number of hydrogen-bond acceptors (Lipinski definition) is 5. The van der Waals surface area contributed by atoms with E-state index in [0.717, 1.165) is 17.0 Å². The minimum Gasteiger partial charge on any atom is -0.497 e. The molecule has 0 saturated carbocycles. The quantitative estimate of drug-likeness (QED) is 0.456. The lowest BCUT2D eigenvalue weighted by atomic mass is 10.1. The zero-order chi connectivity index (χ0) is 18.7. The van der Waals surface area contributed by atoms with Crippen molar-refractivity contribution < 1.29 is 9.53 Å². The van der Waals surface area contributed by atoms with Crippen molar-refractivity contribution in [3.05, 3.63) is 51.9 Å². The molecule has 0 unspecified atom stereocenters. The van der Waals surface area contributed by atoms with Crippen molar-refractivity contribution in [2.75, 3.05) is 12.9 Å². The number of fused-ring (bicyclic) bond motifs is 1. The van der Waals surface area contributed by atoms with Crippen LogP contribution in [0.1, 0.15) is 24.2 Å². The van der Waals surface area contributed by atoms with Crippen LogP contribution >= 0.6 is 11.8 Å². The summed E-state index contributed by atoms with van der Waals surface area (Å²) in [5.74, 6) is 0.804. The second-order valence-corrected chi connectivity index (χ2v) is 6.90. The lowest BCUT2D eigenvalue weighted by Gasteiger charge is -2.14. The predicted molar refractivity (Wildman–Crippen MR) is 102 cm³/mol. The number of benzene rings is 1. The summed E-state index contributed by atoms with van der Waals surface area (Å²) in [6, 6.07) is 9.22. The van der Waals surface area contributed by atoms with Crippen LogP contribution in [0.4, 0.5) is 0 Å². The Labute approximate surface area is 154 Å². The standard InChI is InChI=1S/C18H20N4O3S/c1-10-8-14-16(19-10)17(24)22-18(21-14)26-9-15(23)20-11(2)12-4-6-13(25-3)7-5-12/h4-8,11,19H,9H2,1-3H3,(H,20,23)(H,21,22,24)/t11-/m1/s1. The lowest BCUT2D eigenvalue weighted by molar-refractivity contribution is -0.119. The Morgan fingerprint density at radius 2 is 2.04 bits per heavy atom. The van der Waals surface area contributed by atoms with Crippen LogP contribution in [0.5, 0.6) is 5.75 Å². The van der Waals surface area contributed by atoms with E-state index in [0.29, 0.717) is 16.2 Å². The number of ether oxygens (including phenoxy) is 1. The van der Waals surface area contributed by atoms with Gasteiger partial charge in [0.05, 0.1) is 24.4 Å². The molecule has 2 aromatic heterocycles. The first kappa shape index (κ1) is 18.1. The fourth-order valence-corrected chi connectivity index (χ4v) is 3.27. The number of aryl methyl sites for hydroxylation is 1. The van der Waals surface area contributed by atoms with E-state index in [2.05, 4.69) is 20.3 Å². The summed E-state index contributed by atoms with van der Waals surface area (Å²) in [7, 11) is 1.61. The summed E-state index contributed by atoms with van der Waals surface area (Å²) in [5.41, 5.74) is 2.66. The number of rotatable bonds is 6. The summed E-state index contributed by atoms with van der Waals surface area (Å²) < 4.78 is 5.13. The molecule has 1 aromatic carbocycles. The summed E-state index contributed by atoms with van der Waals surface area (Å²) in [4.78, 5) is 34.2. The van der Waals surface area contributed by atoms with Gasteiger partial charge in [-0.1, -0.05) is 23.9 Å². The van der Waals surface area contributed by atoms with E-state index in [4.69, 9.17) is 4.74 Å². The van der Waals surface area contributed by atoms with Crippen molar-refractivity contribution in [1.29, 1.82) is 0 Å². The minimum atomic E-state index is -0.238. The van der Waals surface area contributed by atoms with Gasteiger partial charge in [-0.25, -0.2) is 4.98 Å². The number of aromatic nitrogens is 3. The molecule has 3 rings (SSSR count). The van der Waals surface area contributed by atoms with Crippen LogP contribution in [0.25, 0.3) is 11.0 Å². The van der Waals surface area contributed by atoms with Crippen LogP contribution in [0, 0.1) is 6.92 Å². The van der Waals surface area contributed by atoms with E-state index in [1.807, 2.05) is 38.1 Å². The summed E-state index contributed by atoms with van der Waals surface area (Å²) >= 11 is 1.20. The van der Waals surface area contributed by atoms with Gasteiger partial charge in [0, 0.05) is 5.69 Å². The molecule has 0 spiro atoms. The molecule has 0 fully saturated rings. The average Bonchev–Trinajstić information content (AvgIpc) is 3.01. The van der Waals surface area contributed by atoms with E-state index >= 15 is 0 Å². The highest BCUT2D eigenvalue weighted by Crippen LogP contribution is 2.18. The smallest absolute Gasteiger partial charge is 0.275 e. The molecule has 3 aromatic rings. The Morgan fingerprint density at radius 1 is 1.31 bits per heavy atom. The fourth-order valence-electron chi connectivity index (χ4n) is 2.59. The second-order valence-electron chi connectivity index (χ2n) is 5.93. The molecule has 0 radical (unpaired) electrons. The molecule has 0 aliphatic rings. The van der Waals surface area contributed by atoms with Crippen molar-refractivity contribution in [2.24, 2.45) is 0 Å². The molecule has 26 heavy (non-hydrogen) atoms. The minimum absolute atomic E-state index is 0.129. The van der Waals surface area contributed by atoms with Crippen molar-refractivity contribution in [3.63, 3.8) is 0 Å². The van der Waals surface area contributed by atoms with E-state index in [1.54, 1.807) is 13.2 Å².